The van der Waals surface area contributed by atoms with E-state index in [1.54, 1.807) is 33.1 Å². The SMILES string of the molecule is C[C@@H](c1ccco1)N1CCN(C(=O)OC(C)(C)C)C[C@H]1C(=O)O. The molecule has 2 rings (SSSR count). The molecule has 1 aromatic rings. The van der Waals surface area contributed by atoms with E-state index < -0.39 is 23.7 Å². The maximum atomic E-state index is 12.2. The second-order valence-electron chi connectivity index (χ2n) is 6.71. The van der Waals surface area contributed by atoms with Gasteiger partial charge in [0.15, 0.2) is 0 Å². The predicted molar refractivity (Wildman–Crippen MR) is 83.1 cm³/mol. The van der Waals surface area contributed by atoms with Crippen molar-refractivity contribution in [1.29, 1.82) is 0 Å². The highest BCUT2D eigenvalue weighted by Gasteiger charge is 2.38. The third-order valence-electron chi connectivity index (χ3n) is 3.81. The second-order valence-corrected chi connectivity index (χ2v) is 6.71. The standard InChI is InChI=1S/C16H24N2O5/c1-11(13-6-5-9-22-13)18-8-7-17(10-12(18)14(19)20)15(21)23-16(2,3)4/h5-6,9,11-12H,7-8,10H2,1-4H3,(H,19,20)/t11-,12-/m0/s1. The molecule has 128 valence electrons. The van der Waals surface area contributed by atoms with Crippen molar-refractivity contribution in [2.45, 2.75) is 45.4 Å². The smallest absolute Gasteiger partial charge is 0.410 e. The van der Waals surface area contributed by atoms with Crippen LogP contribution in [0.2, 0.25) is 0 Å². The van der Waals surface area contributed by atoms with Crippen molar-refractivity contribution in [1.82, 2.24) is 9.80 Å². The minimum atomic E-state index is -0.961. The van der Waals surface area contributed by atoms with Gasteiger partial charge in [-0.1, -0.05) is 0 Å². The van der Waals surface area contributed by atoms with E-state index in [-0.39, 0.29) is 12.6 Å². The Kier molecular flexibility index (Phi) is 4.99. The molecule has 1 saturated heterocycles. The van der Waals surface area contributed by atoms with Gasteiger partial charge in [0.05, 0.1) is 18.8 Å². The van der Waals surface area contributed by atoms with Crippen LogP contribution in [0.3, 0.4) is 0 Å². The van der Waals surface area contributed by atoms with Gasteiger partial charge < -0.3 is 19.2 Å². The highest BCUT2D eigenvalue weighted by atomic mass is 16.6. The number of aliphatic carboxylic acids is 1. The number of ether oxygens (including phenoxy) is 1. The number of carboxylic acids is 1. The average Bonchev–Trinajstić information content (AvgIpc) is 2.98. The average molecular weight is 324 g/mol. The quantitative estimate of drug-likeness (QED) is 0.919. The number of carbonyl (C=O) groups excluding carboxylic acids is 1. The van der Waals surface area contributed by atoms with Crippen LogP contribution in [-0.4, -0.2) is 58.2 Å². The summed E-state index contributed by atoms with van der Waals surface area (Å²) in [4.78, 5) is 27.1. The molecule has 0 saturated carbocycles. The number of carbonyl (C=O) groups is 2. The van der Waals surface area contributed by atoms with Crippen LogP contribution in [0.15, 0.2) is 22.8 Å². The van der Waals surface area contributed by atoms with Crippen molar-refractivity contribution >= 4 is 12.1 Å². The highest BCUT2D eigenvalue weighted by Crippen LogP contribution is 2.26. The molecule has 0 aliphatic carbocycles. The number of furan rings is 1. The molecule has 0 bridgehead atoms. The zero-order chi connectivity index (χ0) is 17.2. The van der Waals surface area contributed by atoms with Gasteiger partial charge in [-0.15, -0.1) is 0 Å². The number of hydrogen-bond acceptors (Lipinski definition) is 5. The van der Waals surface area contributed by atoms with E-state index in [0.717, 1.165) is 0 Å². The maximum Gasteiger partial charge on any atom is 0.410 e. The summed E-state index contributed by atoms with van der Waals surface area (Å²) >= 11 is 0. The lowest BCUT2D eigenvalue weighted by molar-refractivity contribution is -0.147. The first-order valence-corrected chi connectivity index (χ1v) is 7.69. The number of amides is 1. The van der Waals surface area contributed by atoms with Crippen LogP contribution in [0.5, 0.6) is 0 Å². The van der Waals surface area contributed by atoms with Crippen LogP contribution < -0.4 is 0 Å². The zero-order valence-corrected chi connectivity index (χ0v) is 14.0. The first kappa shape index (κ1) is 17.3. The summed E-state index contributed by atoms with van der Waals surface area (Å²) in [6.45, 7) is 8.22. The third-order valence-corrected chi connectivity index (χ3v) is 3.81. The van der Waals surface area contributed by atoms with Gasteiger partial charge in [-0.25, -0.2) is 4.79 Å². The van der Waals surface area contributed by atoms with Gasteiger partial charge in [0, 0.05) is 13.1 Å². The molecule has 7 nitrogen and oxygen atoms in total. The molecule has 0 unspecified atom stereocenters. The van der Waals surface area contributed by atoms with E-state index in [2.05, 4.69) is 0 Å². The van der Waals surface area contributed by atoms with Crippen LogP contribution in [0, 0.1) is 0 Å². The molecule has 0 aromatic carbocycles. The minimum absolute atomic E-state index is 0.0926. The Balaban J connectivity index is 2.09. The number of nitrogens with zero attached hydrogens (tertiary/aromatic N) is 2. The monoisotopic (exact) mass is 324 g/mol. The minimum Gasteiger partial charge on any atom is -0.480 e. The fourth-order valence-corrected chi connectivity index (χ4v) is 2.67. The first-order chi connectivity index (χ1) is 10.7. The van der Waals surface area contributed by atoms with Crippen molar-refractivity contribution in [3.05, 3.63) is 24.2 Å². The van der Waals surface area contributed by atoms with Crippen LogP contribution in [0.25, 0.3) is 0 Å². The normalized spacial score (nSPS) is 21.0. The van der Waals surface area contributed by atoms with Crippen LogP contribution >= 0.6 is 0 Å². The third kappa shape index (κ3) is 4.25. The van der Waals surface area contributed by atoms with E-state index >= 15 is 0 Å². The molecular weight excluding hydrogens is 300 g/mol. The van der Waals surface area contributed by atoms with E-state index in [1.165, 1.54) is 4.90 Å². The molecule has 1 aromatic heterocycles. The van der Waals surface area contributed by atoms with E-state index in [0.29, 0.717) is 18.8 Å². The van der Waals surface area contributed by atoms with E-state index in [9.17, 15) is 14.7 Å². The van der Waals surface area contributed by atoms with E-state index in [1.807, 2.05) is 17.9 Å². The molecule has 23 heavy (non-hydrogen) atoms. The van der Waals surface area contributed by atoms with Crippen molar-refractivity contribution in [2.75, 3.05) is 19.6 Å². The molecule has 0 spiro atoms. The molecule has 1 aliphatic heterocycles. The Morgan fingerprint density at radius 2 is 2.09 bits per heavy atom. The van der Waals surface area contributed by atoms with Crippen molar-refractivity contribution < 1.29 is 23.8 Å². The molecule has 1 fully saturated rings. The molecule has 1 aliphatic rings. The predicted octanol–water partition coefficient (Wildman–Crippen LogP) is 2.35. The largest absolute Gasteiger partial charge is 0.480 e. The summed E-state index contributed by atoms with van der Waals surface area (Å²) in [5.41, 5.74) is -0.603. The summed E-state index contributed by atoms with van der Waals surface area (Å²) in [5.74, 6) is -0.251. The maximum absolute atomic E-state index is 12.2. The summed E-state index contributed by atoms with van der Waals surface area (Å²) in [5, 5.41) is 9.54. The number of carboxylic acid groups (broad SMARTS) is 1. The van der Waals surface area contributed by atoms with Crippen LogP contribution in [0.1, 0.15) is 39.5 Å². The van der Waals surface area contributed by atoms with E-state index in [4.69, 9.17) is 9.15 Å². The van der Waals surface area contributed by atoms with Crippen LogP contribution in [-0.2, 0) is 9.53 Å². The summed E-state index contributed by atoms with van der Waals surface area (Å²) in [6, 6.07) is 2.63. The molecule has 1 N–H and O–H groups in total. The molecule has 1 amide bonds. The highest BCUT2D eigenvalue weighted by molar-refractivity contribution is 5.76. The zero-order valence-electron chi connectivity index (χ0n) is 14.0. The van der Waals surface area contributed by atoms with Crippen LogP contribution in [0.4, 0.5) is 4.79 Å². The van der Waals surface area contributed by atoms with Gasteiger partial charge in [-0.05, 0) is 39.8 Å². The van der Waals surface area contributed by atoms with Gasteiger partial charge in [0.2, 0.25) is 0 Å². The van der Waals surface area contributed by atoms with Gasteiger partial charge in [-0.3, -0.25) is 9.69 Å². The molecule has 0 radical (unpaired) electrons. The Bertz CT molecular complexity index is 549. The van der Waals surface area contributed by atoms with Gasteiger partial charge in [0.25, 0.3) is 0 Å². The van der Waals surface area contributed by atoms with Gasteiger partial charge in [-0.2, -0.15) is 0 Å². The molecular formula is C16H24N2O5. The lowest BCUT2D eigenvalue weighted by Gasteiger charge is -2.41. The summed E-state index contributed by atoms with van der Waals surface area (Å²) < 4.78 is 10.7. The number of piperazine rings is 1. The Morgan fingerprint density at radius 3 is 2.61 bits per heavy atom. The summed E-state index contributed by atoms with van der Waals surface area (Å²) in [7, 11) is 0. The van der Waals surface area contributed by atoms with Crippen molar-refractivity contribution in [3.63, 3.8) is 0 Å². The lowest BCUT2D eigenvalue weighted by atomic mass is 10.1. The molecule has 7 heteroatoms. The van der Waals surface area contributed by atoms with Gasteiger partial charge in [0.1, 0.15) is 17.4 Å². The van der Waals surface area contributed by atoms with Gasteiger partial charge >= 0.3 is 12.1 Å². The molecule has 2 heterocycles. The Morgan fingerprint density at radius 1 is 1.39 bits per heavy atom. The molecule has 2 atom stereocenters. The fraction of sp³-hybridized carbons (Fsp3) is 0.625. The fourth-order valence-electron chi connectivity index (χ4n) is 2.67. The summed E-state index contributed by atoms with van der Waals surface area (Å²) in [6.07, 6.45) is 1.09. The lowest BCUT2D eigenvalue weighted by Crippen LogP contribution is -2.58. The Hall–Kier alpha value is -2.02. The van der Waals surface area contributed by atoms with Crippen molar-refractivity contribution in [2.24, 2.45) is 0 Å². The first-order valence-electron chi connectivity index (χ1n) is 7.69. The second kappa shape index (κ2) is 6.62. The Labute approximate surface area is 135 Å². The van der Waals surface area contributed by atoms with Crippen molar-refractivity contribution in [3.8, 4) is 0 Å². The number of hydrogen-bond donors (Lipinski definition) is 1. The number of rotatable bonds is 3. The topological polar surface area (TPSA) is 83.2 Å².